The number of carbonyl (C=O) groups is 1. The van der Waals surface area contributed by atoms with Crippen LogP contribution in [0.15, 0.2) is 23.1 Å². The summed E-state index contributed by atoms with van der Waals surface area (Å²) < 4.78 is 58.8. The van der Waals surface area contributed by atoms with Crippen molar-refractivity contribution in [3.8, 4) is 0 Å². The van der Waals surface area contributed by atoms with Crippen LogP contribution in [0.4, 0.5) is 8.78 Å². The maximum atomic E-state index is 13.8. The van der Waals surface area contributed by atoms with Crippen LogP contribution in [0.2, 0.25) is 0 Å². The Morgan fingerprint density at radius 2 is 1.89 bits per heavy atom. The summed E-state index contributed by atoms with van der Waals surface area (Å²) in [6.45, 7) is 6.01. The standard InChI is InChI=1S/C18H27F2N3O4S/c1-14(2)27-11-3-6-21-18(24)13-22-7-9-23(10-8-22)28(25,26)17-12-15(19)4-5-16(17)20/h4-5,12,14H,3,6-11,13H2,1-2H3,(H,21,24). The van der Waals surface area contributed by atoms with E-state index >= 15 is 0 Å². The lowest BCUT2D eigenvalue weighted by atomic mass is 10.3. The smallest absolute Gasteiger partial charge is 0.246 e. The number of nitrogens with one attached hydrogen (secondary N) is 1. The highest BCUT2D eigenvalue weighted by Gasteiger charge is 2.31. The van der Waals surface area contributed by atoms with Crippen molar-refractivity contribution in [2.75, 3.05) is 45.9 Å². The van der Waals surface area contributed by atoms with Crippen LogP contribution in [0.5, 0.6) is 0 Å². The van der Waals surface area contributed by atoms with Crippen molar-refractivity contribution in [2.24, 2.45) is 0 Å². The lowest BCUT2D eigenvalue weighted by molar-refractivity contribution is -0.122. The molecule has 0 unspecified atom stereocenters. The number of ether oxygens (including phenoxy) is 1. The predicted molar refractivity (Wildman–Crippen MR) is 100 cm³/mol. The van der Waals surface area contributed by atoms with E-state index in [0.29, 0.717) is 32.3 Å². The number of rotatable bonds is 9. The lowest BCUT2D eigenvalue weighted by Crippen LogP contribution is -2.51. The SMILES string of the molecule is CC(C)OCCCNC(=O)CN1CCN(S(=O)(=O)c2cc(F)ccc2F)CC1. The molecule has 1 heterocycles. The van der Waals surface area contributed by atoms with Crippen molar-refractivity contribution < 1.29 is 26.7 Å². The van der Waals surface area contributed by atoms with Crippen LogP contribution in [-0.4, -0.2) is 75.5 Å². The van der Waals surface area contributed by atoms with E-state index in [9.17, 15) is 22.0 Å². The molecule has 0 saturated carbocycles. The fraction of sp³-hybridized carbons (Fsp3) is 0.611. The van der Waals surface area contributed by atoms with Gasteiger partial charge in [0.25, 0.3) is 0 Å². The van der Waals surface area contributed by atoms with Gasteiger partial charge in [0.2, 0.25) is 15.9 Å². The van der Waals surface area contributed by atoms with Crippen LogP contribution >= 0.6 is 0 Å². The zero-order valence-corrected chi connectivity index (χ0v) is 17.0. The van der Waals surface area contributed by atoms with Gasteiger partial charge in [-0.15, -0.1) is 0 Å². The molecule has 1 fully saturated rings. The lowest BCUT2D eigenvalue weighted by Gasteiger charge is -2.33. The Labute approximate surface area is 164 Å². The van der Waals surface area contributed by atoms with Crippen molar-refractivity contribution in [1.82, 2.24) is 14.5 Å². The molecule has 1 aliphatic heterocycles. The third-order valence-electron chi connectivity index (χ3n) is 4.30. The van der Waals surface area contributed by atoms with Crippen molar-refractivity contribution in [1.29, 1.82) is 0 Å². The highest BCUT2D eigenvalue weighted by molar-refractivity contribution is 7.89. The van der Waals surface area contributed by atoms with Crippen molar-refractivity contribution in [2.45, 2.75) is 31.3 Å². The minimum Gasteiger partial charge on any atom is -0.379 e. The first-order chi connectivity index (χ1) is 13.2. The van der Waals surface area contributed by atoms with Gasteiger partial charge in [0, 0.05) is 39.3 Å². The third kappa shape index (κ3) is 6.47. The molecule has 0 aliphatic carbocycles. The number of sulfonamides is 1. The number of hydrogen-bond acceptors (Lipinski definition) is 5. The average Bonchev–Trinajstić information content (AvgIpc) is 2.63. The molecule has 0 spiro atoms. The fourth-order valence-electron chi connectivity index (χ4n) is 2.82. The monoisotopic (exact) mass is 419 g/mol. The molecule has 1 aromatic rings. The molecule has 1 N–H and O–H groups in total. The largest absolute Gasteiger partial charge is 0.379 e. The number of hydrogen-bond donors (Lipinski definition) is 1. The van der Waals surface area contributed by atoms with Gasteiger partial charge in [-0.3, -0.25) is 9.69 Å². The van der Waals surface area contributed by atoms with E-state index in [1.54, 1.807) is 0 Å². The van der Waals surface area contributed by atoms with Crippen LogP contribution in [0.3, 0.4) is 0 Å². The summed E-state index contributed by atoms with van der Waals surface area (Å²) in [6, 6.07) is 2.36. The minimum absolute atomic E-state index is 0.105. The molecule has 7 nitrogen and oxygen atoms in total. The molecule has 158 valence electrons. The van der Waals surface area contributed by atoms with Crippen LogP contribution in [0.1, 0.15) is 20.3 Å². The molecule has 0 bridgehead atoms. The molecule has 10 heteroatoms. The minimum atomic E-state index is -4.12. The van der Waals surface area contributed by atoms with Crippen molar-refractivity contribution in [3.63, 3.8) is 0 Å². The average molecular weight is 419 g/mol. The highest BCUT2D eigenvalue weighted by Crippen LogP contribution is 2.21. The van der Waals surface area contributed by atoms with Gasteiger partial charge in [-0.1, -0.05) is 0 Å². The number of nitrogens with zero attached hydrogens (tertiary/aromatic N) is 2. The second kappa shape index (κ2) is 10.2. The first kappa shape index (κ1) is 22.7. The second-order valence-corrected chi connectivity index (χ2v) is 8.78. The summed E-state index contributed by atoms with van der Waals surface area (Å²) in [5.74, 6) is -1.93. The van der Waals surface area contributed by atoms with Crippen LogP contribution in [0, 0.1) is 11.6 Å². The fourth-order valence-corrected chi connectivity index (χ4v) is 4.32. The van der Waals surface area contributed by atoms with E-state index in [-0.39, 0.29) is 31.6 Å². The molecule has 0 aromatic heterocycles. The summed E-state index contributed by atoms with van der Waals surface area (Å²) >= 11 is 0. The zero-order valence-electron chi connectivity index (χ0n) is 16.2. The number of halogens is 2. The summed E-state index contributed by atoms with van der Waals surface area (Å²) in [7, 11) is -4.12. The maximum absolute atomic E-state index is 13.8. The molecule has 1 aromatic carbocycles. The van der Waals surface area contributed by atoms with E-state index in [0.717, 1.165) is 22.9 Å². The van der Waals surface area contributed by atoms with Gasteiger partial charge in [0.1, 0.15) is 16.5 Å². The Morgan fingerprint density at radius 3 is 2.54 bits per heavy atom. The molecule has 2 rings (SSSR count). The van der Waals surface area contributed by atoms with Crippen molar-refractivity contribution in [3.05, 3.63) is 29.8 Å². The number of piperazine rings is 1. The van der Waals surface area contributed by atoms with Gasteiger partial charge in [-0.2, -0.15) is 4.31 Å². The Bertz CT molecular complexity index is 766. The quantitative estimate of drug-likeness (QED) is 0.609. The van der Waals surface area contributed by atoms with Crippen LogP contribution < -0.4 is 5.32 Å². The highest BCUT2D eigenvalue weighted by atomic mass is 32.2. The predicted octanol–water partition coefficient (Wildman–Crippen LogP) is 1.20. The molecule has 1 amide bonds. The number of benzene rings is 1. The molecule has 0 radical (unpaired) electrons. The number of carbonyl (C=O) groups excluding carboxylic acids is 1. The van der Waals surface area contributed by atoms with Crippen LogP contribution in [-0.2, 0) is 19.6 Å². The van der Waals surface area contributed by atoms with Gasteiger partial charge >= 0.3 is 0 Å². The maximum Gasteiger partial charge on any atom is 0.246 e. The molecular formula is C18H27F2N3O4S. The van der Waals surface area contributed by atoms with Gasteiger partial charge in [-0.25, -0.2) is 17.2 Å². The van der Waals surface area contributed by atoms with Gasteiger partial charge < -0.3 is 10.1 Å². The molecule has 28 heavy (non-hydrogen) atoms. The molecule has 0 atom stereocenters. The Kier molecular flexibility index (Phi) is 8.29. The Morgan fingerprint density at radius 1 is 1.21 bits per heavy atom. The summed E-state index contributed by atoms with van der Waals surface area (Å²) in [6.07, 6.45) is 0.874. The zero-order chi connectivity index (χ0) is 20.7. The van der Waals surface area contributed by atoms with Gasteiger partial charge in [0.15, 0.2) is 0 Å². The van der Waals surface area contributed by atoms with Crippen molar-refractivity contribution >= 4 is 15.9 Å². The Balaban J connectivity index is 1.79. The van der Waals surface area contributed by atoms with E-state index < -0.39 is 26.6 Å². The first-order valence-corrected chi connectivity index (χ1v) is 10.7. The second-order valence-electron chi connectivity index (χ2n) is 6.88. The van der Waals surface area contributed by atoms with Gasteiger partial charge in [-0.05, 0) is 38.5 Å². The summed E-state index contributed by atoms with van der Waals surface area (Å²) in [4.78, 5) is 13.1. The van der Waals surface area contributed by atoms with Gasteiger partial charge in [0.05, 0.1) is 12.6 Å². The summed E-state index contributed by atoms with van der Waals surface area (Å²) in [5, 5.41) is 2.80. The molecule has 1 saturated heterocycles. The topological polar surface area (TPSA) is 79.0 Å². The van der Waals surface area contributed by atoms with E-state index in [1.165, 1.54) is 0 Å². The van der Waals surface area contributed by atoms with Crippen LogP contribution in [0.25, 0.3) is 0 Å². The third-order valence-corrected chi connectivity index (χ3v) is 6.22. The number of amides is 1. The molecular weight excluding hydrogens is 392 g/mol. The summed E-state index contributed by atoms with van der Waals surface area (Å²) in [5.41, 5.74) is 0. The first-order valence-electron chi connectivity index (χ1n) is 9.26. The molecule has 1 aliphatic rings. The van der Waals surface area contributed by atoms with E-state index in [1.807, 2.05) is 18.7 Å². The normalized spacial score (nSPS) is 16.5. The van der Waals surface area contributed by atoms with E-state index in [4.69, 9.17) is 4.74 Å². The Hall–Kier alpha value is -1.62. The van der Waals surface area contributed by atoms with E-state index in [2.05, 4.69) is 5.32 Å².